The maximum absolute atomic E-state index is 12.8. The zero-order valence-electron chi connectivity index (χ0n) is 15.5. The number of benzene rings is 2. The highest BCUT2D eigenvalue weighted by Crippen LogP contribution is 2.33. The Balaban J connectivity index is 1.66. The van der Waals surface area contributed by atoms with Crippen LogP contribution in [0.1, 0.15) is 12.7 Å². The molecule has 3 aromatic rings. The van der Waals surface area contributed by atoms with E-state index in [1.807, 2.05) is 0 Å². The van der Waals surface area contributed by atoms with Crippen molar-refractivity contribution in [2.24, 2.45) is 5.10 Å². The molecular weight excluding hydrogens is 447 g/mol. The van der Waals surface area contributed by atoms with Gasteiger partial charge in [-0.25, -0.2) is 0 Å². The van der Waals surface area contributed by atoms with E-state index in [0.717, 1.165) is 0 Å². The first-order valence-electron chi connectivity index (χ1n) is 8.74. The molecule has 2 heterocycles. The predicted octanol–water partition coefficient (Wildman–Crippen LogP) is 5.24. The quantitative estimate of drug-likeness (QED) is 0.498. The topological polar surface area (TPSA) is 80.0 Å². The zero-order valence-corrected chi connectivity index (χ0v) is 17.9. The van der Waals surface area contributed by atoms with Gasteiger partial charge < -0.3 is 4.42 Å². The number of sulfonamides is 1. The van der Waals surface area contributed by atoms with Gasteiger partial charge in [0.1, 0.15) is 11.5 Å². The molecule has 0 unspecified atom stereocenters. The van der Waals surface area contributed by atoms with Crippen LogP contribution in [0.25, 0.3) is 17.4 Å². The Kier molecular flexibility index (Phi) is 5.27. The van der Waals surface area contributed by atoms with Crippen LogP contribution in [0.3, 0.4) is 0 Å². The molecule has 152 valence electrons. The van der Waals surface area contributed by atoms with E-state index in [9.17, 15) is 13.2 Å². The molecule has 9 heteroatoms. The number of carbonyl (C=O) groups excluding carboxylic acids is 1. The molecule has 0 aliphatic carbocycles. The number of furan rings is 1. The second kappa shape index (κ2) is 7.75. The first kappa shape index (κ1) is 20.4. The Morgan fingerprint density at radius 1 is 1.03 bits per heavy atom. The van der Waals surface area contributed by atoms with E-state index in [2.05, 4.69) is 5.10 Å². The molecule has 0 saturated heterocycles. The number of carbonyl (C=O) groups is 1. The number of nitrogens with zero attached hydrogens (tertiary/aromatic N) is 2. The zero-order chi connectivity index (χ0) is 21.5. The van der Waals surface area contributed by atoms with E-state index in [-0.39, 0.29) is 16.2 Å². The lowest BCUT2D eigenvalue weighted by Gasteiger charge is -2.12. The minimum Gasteiger partial charge on any atom is -0.457 e. The molecule has 0 N–H and O–H groups in total. The third-order valence-electron chi connectivity index (χ3n) is 4.41. The summed E-state index contributed by atoms with van der Waals surface area (Å²) >= 11 is 12.2. The lowest BCUT2D eigenvalue weighted by atomic mass is 10.1. The first-order chi connectivity index (χ1) is 14.3. The van der Waals surface area contributed by atoms with Crippen molar-refractivity contribution in [2.75, 3.05) is 0 Å². The summed E-state index contributed by atoms with van der Waals surface area (Å²) in [6.07, 6.45) is 1.45. The summed E-state index contributed by atoms with van der Waals surface area (Å²) in [7, 11) is -4.10. The van der Waals surface area contributed by atoms with E-state index < -0.39 is 15.9 Å². The molecule has 1 aromatic heterocycles. The molecule has 0 atom stereocenters. The fraction of sp³-hybridized carbons (Fsp3) is 0.0476. The van der Waals surface area contributed by atoms with Gasteiger partial charge in [0.2, 0.25) is 0 Å². The number of hydrazone groups is 1. The van der Waals surface area contributed by atoms with Crippen LogP contribution in [0.4, 0.5) is 0 Å². The van der Waals surface area contributed by atoms with Gasteiger partial charge in [0, 0.05) is 10.6 Å². The van der Waals surface area contributed by atoms with Gasteiger partial charge in [-0.3, -0.25) is 4.79 Å². The summed E-state index contributed by atoms with van der Waals surface area (Å²) in [6, 6.07) is 16.0. The summed E-state index contributed by atoms with van der Waals surface area (Å²) in [5.74, 6) is 0.0520. The summed E-state index contributed by atoms with van der Waals surface area (Å²) < 4.78 is 31.8. The third kappa shape index (κ3) is 3.67. The Bertz CT molecular complexity index is 1310. The van der Waals surface area contributed by atoms with Gasteiger partial charge in [-0.1, -0.05) is 41.4 Å². The highest BCUT2D eigenvalue weighted by Gasteiger charge is 2.37. The van der Waals surface area contributed by atoms with Crippen LogP contribution < -0.4 is 0 Å². The minimum atomic E-state index is -4.10. The predicted molar refractivity (Wildman–Crippen MR) is 116 cm³/mol. The number of rotatable bonds is 4. The fourth-order valence-corrected chi connectivity index (χ4v) is 4.55. The minimum absolute atomic E-state index is 0.0213. The van der Waals surface area contributed by atoms with E-state index in [4.69, 9.17) is 27.6 Å². The van der Waals surface area contributed by atoms with Crippen molar-refractivity contribution >= 4 is 50.9 Å². The Morgan fingerprint density at radius 2 is 1.77 bits per heavy atom. The van der Waals surface area contributed by atoms with Crippen LogP contribution in [0, 0.1) is 0 Å². The third-order valence-corrected chi connectivity index (χ3v) is 6.55. The van der Waals surface area contributed by atoms with Crippen LogP contribution in [0.15, 0.2) is 80.7 Å². The standard InChI is InChI=1S/C21H14Cl2N2O4S/c1-13-17(21(26)25(24-13)30(27,28)16-5-3-2-4-6-16)12-15-8-10-20(29-15)18-11-14(22)7-9-19(18)23/h2-12H,1H3/b17-12+. The molecule has 30 heavy (non-hydrogen) atoms. The van der Waals surface area contributed by atoms with Gasteiger partial charge in [0.15, 0.2) is 0 Å². The van der Waals surface area contributed by atoms with Crippen LogP contribution in [-0.4, -0.2) is 24.5 Å². The number of halogens is 2. The van der Waals surface area contributed by atoms with Crippen molar-refractivity contribution in [3.63, 3.8) is 0 Å². The smallest absolute Gasteiger partial charge is 0.290 e. The molecule has 0 spiro atoms. The number of hydrogen-bond acceptors (Lipinski definition) is 5. The van der Waals surface area contributed by atoms with E-state index in [0.29, 0.717) is 31.5 Å². The molecule has 0 bridgehead atoms. The van der Waals surface area contributed by atoms with Crippen LogP contribution in [0.2, 0.25) is 10.0 Å². The van der Waals surface area contributed by atoms with Gasteiger partial charge in [0.05, 0.1) is 21.2 Å². The Morgan fingerprint density at radius 3 is 2.50 bits per heavy atom. The molecule has 6 nitrogen and oxygen atoms in total. The molecule has 0 saturated carbocycles. The van der Waals surface area contributed by atoms with Gasteiger partial charge in [0.25, 0.3) is 15.9 Å². The molecule has 2 aromatic carbocycles. The average molecular weight is 461 g/mol. The van der Waals surface area contributed by atoms with Crippen molar-refractivity contribution < 1.29 is 17.6 Å². The van der Waals surface area contributed by atoms with Crippen LogP contribution in [-0.2, 0) is 14.8 Å². The molecule has 0 radical (unpaired) electrons. The van der Waals surface area contributed by atoms with Crippen molar-refractivity contribution in [1.29, 1.82) is 0 Å². The number of amides is 1. The highest BCUT2D eigenvalue weighted by atomic mass is 35.5. The van der Waals surface area contributed by atoms with Gasteiger partial charge in [-0.15, -0.1) is 4.41 Å². The van der Waals surface area contributed by atoms with Gasteiger partial charge in [-0.2, -0.15) is 13.5 Å². The Labute approximate surface area is 183 Å². The number of hydrogen-bond donors (Lipinski definition) is 0. The summed E-state index contributed by atoms with van der Waals surface area (Å²) in [5, 5.41) is 4.91. The lowest BCUT2D eigenvalue weighted by molar-refractivity contribution is -0.121. The molecule has 4 rings (SSSR count). The maximum atomic E-state index is 12.8. The summed E-state index contributed by atoms with van der Waals surface area (Å²) in [4.78, 5) is 12.8. The average Bonchev–Trinajstić information content (AvgIpc) is 3.31. The molecule has 1 aliphatic heterocycles. The van der Waals surface area contributed by atoms with Crippen LogP contribution >= 0.6 is 23.2 Å². The summed E-state index contributed by atoms with van der Waals surface area (Å²) in [6.45, 7) is 1.56. The molecular formula is C21H14Cl2N2O4S. The largest absolute Gasteiger partial charge is 0.457 e. The second-order valence-corrected chi connectivity index (χ2v) is 9.05. The second-order valence-electron chi connectivity index (χ2n) is 6.44. The molecule has 1 aliphatic rings. The van der Waals surface area contributed by atoms with Gasteiger partial charge in [-0.05, 0) is 55.5 Å². The SMILES string of the molecule is CC1=NN(S(=O)(=O)c2ccccc2)C(=O)/C1=C/c1ccc(-c2cc(Cl)ccc2Cl)o1. The molecule has 0 fully saturated rings. The lowest BCUT2D eigenvalue weighted by Crippen LogP contribution is -2.29. The maximum Gasteiger partial charge on any atom is 0.290 e. The van der Waals surface area contributed by atoms with Crippen LogP contribution in [0.5, 0.6) is 0 Å². The van der Waals surface area contributed by atoms with Crippen molar-refractivity contribution in [2.45, 2.75) is 11.8 Å². The normalized spacial score (nSPS) is 15.7. The van der Waals surface area contributed by atoms with Crippen molar-refractivity contribution in [1.82, 2.24) is 4.41 Å². The summed E-state index contributed by atoms with van der Waals surface area (Å²) in [5.41, 5.74) is 0.982. The fourth-order valence-electron chi connectivity index (χ4n) is 2.92. The van der Waals surface area contributed by atoms with Crippen molar-refractivity contribution in [3.8, 4) is 11.3 Å². The monoisotopic (exact) mass is 460 g/mol. The Hall–Kier alpha value is -2.87. The van der Waals surface area contributed by atoms with E-state index in [1.54, 1.807) is 55.5 Å². The molecule has 1 amide bonds. The first-order valence-corrected chi connectivity index (χ1v) is 10.9. The van der Waals surface area contributed by atoms with E-state index in [1.165, 1.54) is 18.2 Å². The van der Waals surface area contributed by atoms with Gasteiger partial charge >= 0.3 is 0 Å². The van der Waals surface area contributed by atoms with Crippen molar-refractivity contribution in [3.05, 3.63) is 82.0 Å². The highest BCUT2D eigenvalue weighted by molar-refractivity contribution is 7.89. The van der Waals surface area contributed by atoms with E-state index >= 15 is 0 Å².